The fourth-order valence-corrected chi connectivity index (χ4v) is 6.69. The maximum Gasteiger partial charge on any atom is 0.328 e. The average molecular weight is 573 g/mol. The lowest BCUT2D eigenvalue weighted by Crippen LogP contribution is -2.52. The summed E-state index contributed by atoms with van der Waals surface area (Å²) in [5.41, 5.74) is 5.93. The highest BCUT2D eigenvalue weighted by Crippen LogP contribution is 2.24. The number of sulfonamides is 1. The first kappa shape index (κ1) is 29.1. The zero-order valence-corrected chi connectivity index (χ0v) is 23.3. The fraction of sp³-hybridized carbons (Fsp3) is 0.481. The molecule has 2 aromatic rings. The lowest BCUT2D eigenvalue weighted by atomic mass is 9.98. The summed E-state index contributed by atoms with van der Waals surface area (Å²) >= 11 is 0. The summed E-state index contributed by atoms with van der Waals surface area (Å²) < 4.78 is 33.9. The summed E-state index contributed by atoms with van der Waals surface area (Å²) in [6.07, 6.45) is 2.49. The van der Waals surface area contributed by atoms with Crippen molar-refractivity contribution >= 4 is 50.2 Å². The van der Waals surface area contributed by atoms with Crippen LogP contribution in [0.5, 0.6) is 0 Å². The van der Waals surface area contributed by atoms with E-state index in [2.05, 4.69) is 10.0 Å². The molecule has 2 fully saturated rings. The van der Waals surface area contributed by atoms with E-state index in [1.54, 1.807) is 23.1 Å². The van der Waals surface area contributed by atoms with Gasteiger partial charge in [0.25, 0.3) is 0 Å². The molecular weight excluding hydrogens is 536 g/mol. The Morgan fingerprint density at radius 3 is 2.55 bits per heavy atom. The van der Waals surface area contributed by atoms with Crippen LogP contribution in [0.1, 0.15) is 25.7 Å². The van der Waals surface area contributed by atoms with Crippen LogP contribution in [0.3, 0.4) is 0 Å². The van der Waals surface area contributed by atoms with Gasteiger partial charge in [-0.25, -0.2) is 13.2 Å². The summed E-state index contributed by atoms with van der Waals surface area (Å²) in [5, 5.41) is 12.2. The number of methoxy groups -OCH3 is 1. The number of nitrogens with zero attached hydrogens (tertiary/aromatic N) is 2. The Hall–Kier alpha value is -3.87. The maximum absolute atomic E-state index is 13.6. The van der Waals surface area contributed by atoms with Gasteiger partial charge in [-0.05, 0) is 54.5 Å². The summed E-state index contributed by atoms with van der Waals surface area (Å²) in [6, 6.07) is 11.7. The van der Waals surface area contributed by atoms with Crippen molar-refractivity contribution in [2.75, 3.05) is 43.8 Å². The molecule has 2 aromatic carbocycles. The lowest BCUT2D eigenvalue weighted by Gasteiger charge is -2.33. The monoisotopic (exact) mass is 572 g/mol. The van der Waals surface area contributed by atoms with Gasteiger partial charge in [-0.3, -0.25) is 19.7 Å². The number of benzene rings is 2. The van der Waals surface area contributed by atoms with E-state index in [1.165, 1.54) is 12.0 Å². The molecule has 0 aromatic heterocycles. The number of carbonyl (C=O) groups excluding carboxylic acids is 3. The SMILES string of the molecule is COC(=O)C1CCCN1C(=O)[C@H](CS(=O)(=O)Nc1ccc2ccccc2c1)C(=O)NC[C@H]1CCCN(C(=N)N)C1. The Labute approximate surface area is 233 Å². The molecule has 13 heteroatoms. The molecule has 5 N–H and O–H groups in total. The van der Waals surface area contributed by atoms with Crippen LogP contribution in [0.25, 0.3) is 10.8 Å². The maximum atomic E-state index is 13.6. The Balaban J connectivity index is 1.52. The third-order valence-corrected chi connectivity index (χ3v) is 8.78. The zero-order valence-electron chi connectivity index (χ0n) is 22.5. The molecular formula is C27H36N6O6S. The van der Waals surface area contributed by atoms with Gasteiger partial charge in [0.1, 0.15) is 12.0 Å². The Bertz CT molecular complexity index is 1380. The highest BCUT2D eigenvalue weighted by Gasteiger charge is 2.42. The number of fused-ring (bicyclic) bond motifs is 1. The van der Waals surface area contributed by atoms with Crippen LogP contribution < -0.4 is 15.8 Å². The van der Waals surface area contributed by atoms with E-state index < -0.39 is 45.5 Å². The molecule has 2 amide bonds. The van der Waals surface area contributed by atoms with E-state index in [0.717, 1.165) is 23.6 Å². The van der Waals surface area contributed by atoms with Gasteiger partial charge in [0, 0.05) is 31.9 Å². The third-order valence-electron chi connectivity index (χ3n) is 7.46. The molecule has 3 atom stereocenters. The van der Waals surface area contributed by atoms with Gasteiger partial charge < -0.3 is 25.6 Å². The van der Waals surface area contributed by atoms with Gasteiger partial charge in [0.2, 0.25) is 21.8 Å². The minimum absolute atomic E-state index is 0.0145. The van der Waals surface area contributed by atoms with Crippen molar-refractivity contribution in [1.29, 1.82) is 5.41 Å². The molecule has 0 radical (unpaired) electrons. The van der Waals surface area contributed by atoms with Crippen LogP contribution in [0.4, 0.5) is 5.69 Å². The molecule has 1 unspecified atom stereocenters. The van der Waals surface area contributed by atoms with E-state index in [9.17, 15) is 22.8 Å². The first-order chi connectivity index (χ1) is 19.1. The highest BCUT2D eigenvalue weighted by molar-refractivity contribution is 7.92. The first-order valence-electron chi connectivity index (χ1n) is 13.3. The molecule has 0 aliphatic carbocycles. The van der Waals surface area contributed by atoms with Crippen molar-refractivity contribution in [3.63, 3.8) is 0 Å². The van der Waals surface area contributed by atoms with Gasteiger partial charge in [-0.1, -0.05) is 30.3 Å². The van der Waals surface area contributed by atoms with Crippen LogP contribution in [0, 0.1) is 17.2 Å². The number of amides is 2. The topological polar surface area (TPSA) is 175 Å². The average Bonchev–Trinajstić information content (AvgIpc) is 3.44. The highest BCUT2D eigenvalue weighted by atomic mass is 32.2. The predicted octanol–water partition coefficient (Wildman–Crippen LogP) is 1.08. The molecule has 40 heavy (non-hydrogen) atoms. The van der Waals surface area contributed by atoms with Gasteiger partial charge in [-0.2, -0.15) is 0 Å². The third kappa shape index (κ3) is 7.00. The number of piperidine rings is 1. The van der Waals surface area contributed by atoms with E-state index >= 15 is 0 Å². The van der Waals surface area contributed by atoms with Gasteiger partial charge in [0.15, 0.2) is 5.96 Å². The van der Waals surface area contributed by atoms with Crippen molar-refractivity contribution in [1.82, 2.24) is 15.1 Å². The molecule has 12 nitrogen and oxygen atoms in total. The first-order valence-corrected chi connectivity index (χ1v) is 15.0. The number of anilines is 1. The number of nitrogens with one attached hydrogen (secondary N) is 3. The van der Waals surface area contributed by atoms with Crippen LogP contribution >= 0.6 is 0 Å². The number of carbonyl (C=O) groups is 3. The molecule has 216 valence electrons. The Kier molecular flexibility index (Phi) is 9.13. The van der Waals surface area contributed by atoms with E-state index in [0.29, 0.717) is 31.6 Å². The summed E-state index contributed by atoms with van der Waals surface area (Å²) in [7, 11) is -2.93. The Morgan fingerprint density at radius 1 is 1.10 bits per heavy atom. The number of rotatable bonds is 9. The number of ether oxygens (including phenoxy) is 1. The summed E-state index contributed by atoms with van der Waals surface area (Å²) in [4.78, 5) is 42.3. The number of likely N-dealkylation sites (tertiary alicyclic amines) is 2. The van der Waals surface area contributed by atoms with Crippen LogP contribution in [-0.4, -0.2) is 87.0 Å². The van der Waals surface area contributed by atoms with Crippen molar-refractivity contribution in [2.24, 2.45) is 17.6 Å². The van der Waals surface area contributed by atoms with Gasteiger partial charge >= 0.3 is 5.97 Å². The van der Waals surface area contributed by atoms with Gasteiger partial charge in [-0.15, -0.1) is 0 Å². The van der Waals surface area contributed by atoms with Crippen molar-refractivity contribution in [3.8, 4) is 0 Å². The summed E-state index contributed by atoms with van der Waals surface area (Å²) in [6.45, 7) is 1.55. The fourth-order valence-electron chi connectivity index (χ4n) is 5.38. The number of esters is 1. The molecule has 2 saturated heterocycles. The van der Waals surface area contributed by atoms with Crippen molar-refractivity contribution in [3.05, 3.63) is 42.5 Å². The smallest absolute Gasteiger partial charge is 0.328 e. The van der Waals surface area contributed by atoms with Crippen molar-refractivity contribution < 1.29 is 27.5 Å². The molecule has 0 saturated carbocycles. The second-order valence-electron chi connectivity index (χ2n) is 10.3. The molecule has 2 aliphatic heterocycles. The van der Waals surface area contributed by atoms with E-state index in [4.69, 9.17) is 15.9 Å². The second-order valence-corrected chi connectivity index (χ2v) is 12.1. The van der Waals surface area contributed by atoms with Crippen molar-refractivity contribution in [2.45, 2.75) is 31.7 Å². The number of hydrogen-bond acceptors (Lipinski definition) is 7. The quantitative estimate of drug-likeness (QED) is 0.149. The molecule has 4 rings (SSSR count). The van der Waals surface area contributed by atoms with E-state index in [-0.39, 0.29) is 25.0 Å². The molecule has 2 heterocycles. The minimum atomic E-state index is -4.16. The van der Waals surface area contributed by atoms with Crippen LogP contribution in [0.15, 0.2) is 42.5 Å². The largest absolute Gasteiger partial charge is 0.467 e. The second kappa shape index (κ2) is 12.5. The van der Waals surface area contributed by atoms with Crippen LogP contribution in [0.2, 0.25) is 0 Å². The number of guanidine groups is 1. The van der Waals surface area contributed by atoms with E-state index in [1.807, 2.05) is 24.3 Å². The lowest BCUT2D eigenvalue weighted by molar-refractivity contribution is -0.153. The molecule has 2 aliphatic rings. The standard InChI is InChI=1S/C27H36N6O6S/c1-39-26(36)23-9-5-13-33(23)25(35)22(24(34)30-15-18-6-4-12-32(16-18)27(28)29)17-40(37,38)31-21-11-10-19-7-2-3-8-20(19)14-21/h2-3,7-8,10-11,14,18,22-23,31H,4-6,9,12-13,15-17H2,1H3,(H3,28,29)(H,30,34)/t18-,22-,23?/m1/s1. The number of nitrogens with two attached hydrogens (primary N) is 1. The zero-order chi connectivity index (χ0) is 28.9. The minimum Gasteiger partial charge on any atom is -0.467 e. The van der Waals surface area contributed by atoms with Gasteiger partial charge in [0.05, 0.1) is 12.9 Å². The van der Waals surface area contributed by atoms with Crippen LogP contribution in [-0.2, 0) is 29.1 Å². The molecule has 0 bridgehead atoms. The Morgan fingerprint density at radius 2 is 1.82 bits per heavy atom. The predicted molar refractivity (Wildman–Crippen MR) is 151 cm³/mol. The number of hydrogen-bond donors (Lipinski definition) is 4. The summed E-state index contributed by atoms with van der Waals surface area (Å²) in [5.74, 6) is -4.49. The normalized spacial score (nSPS) is 20.1. The molecule has 0 spiro atoms.